The lowest BCUT2D eigenvalue weighted by molar-refractivity contribution is -0.122. The third-order valence-electron chi connectivity index (χ3n) is 2.43. The standard InChI is InChI=1S/C11H22N2O2/c1-9(2)15-5-3-4-13-11(14)6-10-7-12-8-10/h9-10,12H,3-8H2,1-2H3,(H,13,14). The highest BCUT2D eigenvalue weighted by Crippen LogP contribution is 2.07. The van der Waals surface area contributed by atoms with Gasteiger partial charge in [0.25, 0.3) is 0 Å². The maximum Gasteiger partial charge on any atom is 0.220 e. The fourth-order valence-corrected chi connectivity index (χ4v) is 1.45. The maximum absolute atomic E-state index is 11.4. The molecule has 1 fully saturated rings. The number of amides is 1. The minimum atomic E-state index is 0.172. The Labute approximate surface area is 91.8 Å². The van der Waals surface area contributed by atoms with Crippen LogP contribution in [0.4, 0.5) is 0 Å². The molecule has 0 unspecified atom stereocenters. The van der Waals surface area contributed by atoms with Crippen LogP contribution in [0.5, 0.6) is 0 Å². The summed E-state index contributed by atoms with van der Waals surface area (Å²) in [6.45, 7) is 7.47. The summed E-state index contributed by atoms with van der Waals surface area (Å²) >= 11 is 0. The Kier molecular flexibility index (Phi) is 5.65. The Balaban J connectivity index is 1.88. The number of ether oxygens (including phenoxy) is 1. The quantitative estimate of drug-likeness (QED) is 0.608. The van der Waals surface area contributed by atoms with Crippen LogP contribution in [0.15, 0.2) is 0 Å². The summed E-state index contributed by atoms with van der Waals surface area (Å²) in [6.07, 6.45) is 1.84. The average Bonchev–Trinajstić information content (AvgIpc) is 2.10. The van der Waals surface area contributed by atoms with Gasteiger partial charge < -0.3 is 15.4 Å². The van der Waals surface area contributed by atoms with Crippen molar-refractivity contribution >= 4 is 5.91 Å². The molecule has 2 N–H and O–H groups in total. The van der Waals surface area contributed by atoms with Crippen LogP contribution in [0.1, 0.15) is 26.7 Å². The molecule has 0 spiro atoms. The van der Waals surface area contributed by atoms with Crippen LogP contribution >= 0.6 is 0 Å². The fourth-order valence-electron chi connectivity index (χ4n) is 1.45. The highest BCUT2D eigenvalue weighted by molar-refractivity contribution is 5.76. The van der Waals surface area contributed by atoms with Gasteiger partial charge in [-0.15, -0.1) is 0 Å². The Morgan fingerprint density at radius 2 is 2.27 bits per heavy atom. The van der Waals surface area contributed by atoms with Crippen LogP contribution < -0.4 is 10.6 Å². The van der Waals surface area contributed by atoms with E-state index in [0.29, 0.717) is 12.3 Å². The summed E-state index contributed by atoms with van der Waals surface area (Å²) in [5.41, 5.74) is 0. The van der Waals surface area contributed by atoms with Crippen molar-refractivity contribution in [2.75, 3.05) is 26.2 Å². The van der Waals surface area contributed by atoms with Gasteiger partial charge in [0.2, 0.25) is 5.91 Å². The molecule has 4 heteroatoms. The third kappa shape index (κ3) is 5.74. The van der Waals surface area contributed by atoms with E-state index >= 15 is 0 Å². The van der Waals surface area contributed by atoms with Gasteiger partial charge in [-0.1, -0.05) is 0 Å². The number of hydrogen-bond donors (Lipinski definition) is 2. The van der Waals surface area contributed by atoms with Crippen molar-refractivity contribution in [3.63, 3.8) is 0 Å². The summed E-state index contributed by atoms with van der Waals surface area (Å²) in [4.78, 5) is 11.4. The maximum atomic E-state index is 11.4. The molecule has 0 aromatic heterocycles. The van der Waals surface area contributed by atoms with Crippen LogP contribution in [0, 0.1) is 5.92 Å². The molecule has 0 radical (unpaired) electrons. The minimum absolute atomic E-state index is 0.172. The zero-order chi connectivity index (χ0) is 11.1. The van der Waals surface area contributed by atoms with Gasteiger partial charge in [-0.2, -0.15) is 0 Å². The van der Waals surface area contributed by atoms with Crippen LogP contribution in [0.3, 0.4) is 0 Å². The lowest BCUT2D eigenvalue weighted by atomic mass is 9.99. The SMILES string of the molecule is CC(C)OCCCNC(=O)CC1CNC1. The van der Waals surface area contributed by atoms with E-state index in [2.05, 4.69) is 10.6 Å². The summed E-state index contributed by atoms with van der Waals surface area (Å²) in [5, 5.41) is 6.06. The van der Waals surface area contributed by atoms with E-state index in [-0.39, 0.29) is 12.0 Å². The molecule has 88 valence electrons. The minimum Gasteiger partial charge on any atom is -0.379 e. The van der Waals surface area contributed by atoms with E-state index in [0.717, 1.165) is 32.7 Å². The van der Waals surface area contributed by atoms with Crippen molar-refractivity contribution in [1.82, 2.24) is 10.6 Å². The second kappa shape index (κ2) is 6.80. The van der Waals surface area contributed by atoms with Gasteiger partial charge in [0.05, 0.1) is 6.10 Å². The van der Waals surface area contributed by atoms with E-state index in [1.807, 2.05) is 13.8 Å². The van der Waals surface area contributed by atoms with Crippen molar-refractivity contribution in [2.24, 2.45) is 5.92 Å². The molecule has 1 aliphatic rings. The van der Waals surface area contributed by atoms with E-state index in [1.165, 1.54) is 0 Å². The number of carbonyl (C=O) groups is 1. The third-order valence-corrected chi connectivity index (χ3v) is 2.43. The van der Waals surface area contributed by atoms with Crippen LogP contribution in [0.25, 0.3) is 0 Å². The molecule has 0 aromatic rings. The topological polar surface area (TPSA) is 50.4 Å². The van der Waals surface area contributed by atoms with Crippen molar-refractivity contribution in [3.05, 3.63) is 0 Å². The summed E-state index contributed by atoms with van der Waals surface area (Å²) in [6, 6.07) is 0. The van der Waals surface area contributed by atoms with Crippen molar-refractivity contribution < 1.29 is 9.53 Å². The van der Waals surface area contributed by atoms with Crippen molar-refractivity contribution in [1.29, 1.82) is 0 Å². The van der Waals surface area contributed by atoms with Gasteiger partial charge in [0, 0.05) is 19.6 Å². The van der Waals surface area contributed by atoms with Crippen molar-refractivity contribution in [2.45, 2.75) is 32.8 Å². The molecule has 1 rings (SSSR count). The molecule has 0 aliphatic carbocycles. The molecule has 0 aromatic carbocycles. The van der Waals surface area contributed by atoms with Gasteiger partial charge in [0.1, 0.15) is 0 Å². The highest BCUT2D eigenvalue weighted by atomic mass is 16.5. The van der Waals surface area contributed by atoms with Crippen LogP contribution in [-0.2, 0) is 9.53 Å². The normalized spacial score (nSPS) is 16.5. The Hall–Kier alpha value is -0.610. The molecule has 1 amide bonds. The molecule has 0 saturated carbocycles. The first-order chi connectivity index (χ1) is 7.18. The summed E-state index contributed by atoms with van der Waals surface area (Å²) in [7, 11) is 0. The predicted molar refractivity (Wildman–Crippen MR) is 59.7 cm³/mol. The first-order valence-corrected chi connectivity index (χ1v) is 5.77. The van der Waals surface area contributed by atoms with Gasteiger partial charge in [-0.3, -0.25) is 4.79 Å². The van der Waals surface area contributed by atoms with Gasteiger partial charge >= 0.3 is 0 Å². The molecular formula is C11H22N2O2. The van der Waals surface area contributed by atoms with Crippen LogP contribution in [-0.4, -0.2) is 38.3 Å². The number of rotatable bonds is 7. The zero-order valence-electron chi connectivity index (χ0n) is 9.71. The molecular weight excluding hydrogens is 192 g/mol. The van der Waals surface area contributed by atoms with E-state index in [9.17, 15) is 4.79 Å². The average molecular weight is 214 g/mol. The van der Waals surface area contributed by atoms with Crippen molar-refractivity contribution in [3.8, 4) is 0 Å². The highest BCUT2D eigenvalue weighted by Gasteiger charge is 2.19. The van der Waals surface area contributed by atoms with Crippen LogP contribution in [0.2, 0.25) is 0 Å². The molecule has 1 heterocycles. The molecule has 1 aliphatic heterocycles. The van der Waals surface area contributed by atoms with E-state index < -0.39 is 0 Å². The summed E-state index contributed by atoms with van der Waals surface area (Å²) < 4.78 is 5.38. The van der Waals surface area contributed by atoms with Gasteiger partial charge in [-0.05, 0) is 39.3 Å². The fraction of sp³-hybridized carbons (Fsp3) is 0.909. The molecule has 15 heavy (non-hydrogen) atoms. The Morgan fingerprint density at radius 1 is 1.53 bits per heavy atom. The smallest absolute Gasteiger partial charge is 0.220 e. The molecule has 4 nitrogen and oxygen atoms in total. The molecule has 0 bridgehead atoms. The number of nitrogens with one attached hydrogen (secondary N) is 2. The molecule has 0 atom stereocenters. The Bertz CT molecular complexity index is 191. The van der Waals surface area contributed by atoms with E-state index in [1.54, 1.807) is 0 Å². The Morgan fingerprint density at radius 3 is 2.80 bits per heavy atom. The first kappa shape index (κ1) is 12.5. The van der Waals surface area contributed by atoms with E-state index in [4.69, 9.17) is 4.74 Å². The second-order valence-electron chi connectivity index (χ2n) is 4.35. The number of hydrogen-bond acceptors (Lipinski definition) is 3. The monoisotopic (exact) mass is 214 g/mol. The van der Waals surface area contributed by atoms with Gasteiger partial charge in [0.15, 0.2) is 0 Å². The lowest BCUT2D eigenvalue weighted by Gasteiger charge is -2.26. The molecule has 1 saturated heterocycles. The largest absolute Gasteiger partial charge is 0.379 e. The zero-order valence-corrected chi connectivity index (χ0v) is 9.71. The summed E-state index contributed by atoms with van der Waals surface area (Å²) in [5.74, 6) is 0.725. The second-order valence-corrected chi connectivity index (χ2v) is 4.35. The predicted octanol–water partition coefficient (Wildman–Crippen LogP) is 0.527. The van der Waals surface area contributed by atoms with Gasteiger partial charge in [-0.25, -0.2) is 0 Å². The first-order valence-electron chi connectivity index (χ1n) is 5.77. The lowest BCUT2D eigenvalue weighted by Crippen LogP contribution is -2.44. The number of carbonyl (C=O) groups excluding carboxylic acids is 1.